The van der Waals surface area contributed by atoms with Crippen molar-refractivity contribution in [3.63, 3.8) is 0 Å². The normalized spacial score (nSPS) is 10.6. The van der Waals surface area contributed by atoms with E-state index < -0.39 is 5.97 Å². The van der Waals surface area contributed by atoms with Crippen molar-refractivity contribution in [1.29, 1.82) is 0 Å². The first-order chi connectivity index (χ1) is 13.7. The van der Waals surface area contributed by atoms with Crippen LogP contribution in [0.2, 0.25) is 0 Å². The predicted molar refractivity (Wildman–Crippen MR) is 108 cm³/mol. The molecule has 28 heavy (non-hydrogen) atoms. The number of rotatable bonds is 7. The van der Waals surface area contributed by atoms with E-state index in [4.69, 9.17) is 9.47 Å². The summed E-state index contributed by atoms with van der Waals surface area (Å²) in [5.41, 5.74) is 3.68. The largest absolute Gasteiger partial charge is 0.490 e. The maximum absolute atomic E-state index is 12.2. The van der Waals surface area contributed by atoms with Crippen LogP contribution in [0.15, 0.2) is 71.1 Å². The Balaban J connectivity index is 1.69. The molecule has 1 heterocycles. The molecule has 0 spiro atoms. The van der Waals surface area contributed by atoms with E-state index in [0.29, 0.717) is 34.1 Å². The molecule has 0 saturated carbocycles. The van der Waals surface area contributed by atoms with Gasteiger partial charge in [-0.1, -0.05) is 24.3 Å². The average molecular weight is 394 g/mol. The summed E-state index contributed by atoms with van der Waals surface area (Å²) in [7, 11) is 0. The second kappa shape index (κ2) is 9.48. The van der Waals surface area contributed by atoms with Gasteiger partial charge in [-0.25, -0.2) is 10.2 Å². The highest BCUT2D eigenvalue weighted by atomic mass is 32.1. The number of nitrogens with zero attached hydrogens (tertiary/aromatic N) is 1. The third-order valence-corrected chi connectivity index (χ3v) is 4.46. The number of benzene rings is 2. The molecule has 2 aromatic carbocycles. The average Bonchev–Trinajstić information content (AvgIpc) is 3.25. The lowest BCUT2D eigenvalue weighted by molar-refractivity contribution is 0.0733. The fraction of sp³-hybridized carbons (Fsp3) is 0.0952. The molecule has 7 heteroatoms. The van der Waals surface area contributed by atoms with E-state index in [9.17, 15) is 9.59 Å². The lowest BCUT2D eigenvalue weighted by atomic mass is 10.2. The lowest BCUT2D eigenvalue weighted by Gasteiger charge is -2.10. The van der Waals surface area contributed by atoms with Crippen molar-refractivity contribution in [1.82, 2.24) is 5.43 Å². The number of esters is 1. The number of carbonyl (C=O) groups excluding carboxylic acids is 2. The Morgan fingerprint density at radius 1 is 1.07 bits per heavy atom. The lowest BCUT2D eigenvalue weighted by Crippen LogP contribution is -2.17. The second-order valence-corrected chi connectivity index (χ2v) is 6.52. The minimum absolute atomic E-state index is 0.302. The molecule has 142 valence electrons. The zero-order valence-electron chi connectivity index (χ0n) is 15.1. The third kappa shape index (κ3) is 5.05. The van der Waals surface area contributed by atoms with Crippen molar-refractivity contribution in [2.45, 2.75) is 6.92 Å². The molecule has 0 aliphatic rings. The molecule has 0 saturated heterocycles. The van der Waals surface area contributed by atoms with E-state index in [0.717, 1.165) is 0 Å². The SMILES string of the molecule is CCOc1cc(C=NNC(=O)c2ccccc2)ccc1OC(=O)c1cccs1. The zero-order chi connectivity index (χ0) is 19.8. The summed E-state index contributed by atoms with van der Waals surface area (Å²) in [6, 6.07) is 17.3. The van der Waals surface area contributed by atoms with Crippen LogP contribution < -0.4 is 14.9 Å². The van der Waals surface area contributed by atoms with Gasteiger partial charge in [-0.15, -0.1) is 11.3 Å². The fourth-order valence-electron chi connectivity index (χ4n) is 2.32. The molecule has 0 atom stereocenters. The van der Waals surface area contributed by atoms with Crippen molar-refractivity contribution >= 4 is 29.4 Å². The van der Waals surface area contributed by atoms with Crippen molar-refractivity contribution in [2.75, 3.05) is 6.61 Å². The number of hydrogen-bond donors (Lipinski definition) is 1. The second-order valence-electron chi connectivity index (χ2n) is 5.57. The summed E-state index contributed by atoms with van der Waals surface area (Å²) in [5, 5.41) is 5.77. The van der Waals surface area contributed by atoms with Gasteiger partial charge in [0.2, 0.25) is 0 Å². The maximum atomic E-state index is 12.2. The van der Waals surface area contributed by atoms with Gasteiger partial charge in [0.15, 0.2) is 11.5 Å². The summed E-state index contributed by atoms with van der Waals surface area (Å²) in [5.74, 6) is 0.00679. The van der Waals surface area contributed by atoms with Crippen LogP contribution in [0.4, 0.5) is 0 Å². The monoisotopic (exact) mass is 394 g/mol. The van der Waals surface area contributed by atoms with E-state index in [2.05, 4.69) is 10.5 Å². The van der Waals surface area contributed by atoms with Gasteiger partial charge in [0.25, 0.3) is 5.91 Å². The number of amides is 1. The summed E-state index contributed by atoms with van der Waals surface area (Å²) in [6.45, 7) is 2.25. The van der Waals surface area contributed by atoms with Gasteiger partial charge in [-0.3, -0.25) is 4.79 Å². The maximum Gasteiger partial charge on any atom is 0.353 e. The first-order valence-corrected chi connectivity index (χ1v) is 9.46. The van der Waals surface area contributed by atoms with Crippen LogP contribution >= 0.6 is 11.3 Å². The Morgan fingerprint density at radius 3 is 2.61 bits per heavy atom. The van der Waals surface area contributed by atoms with Crippen LogP contribution in [-0.4, -0.2) is 24.7 Å². The van der Waals surface area contributed by atoms with E-state index in [-0.39, 0.29) is 5.91 Å². The van der Waals surface area contributed by atoms with E-state index in [1.807, 2.05) is 18.4 Å². The Morgan fingerprint density at radius 2 is 1.89 bits per heavy atom. The minimum atomic E-state index is -0.438. The van der Waals surface area contributed by atoms with E-state index in [1.54, 1.807) is 54.6 Å². The van der Waals surface area contributed by atoms with Gasteiger partial charge in [0.05, 0.1) is 12.8 Å². The third-order valence-electron chi connectivity index (χ3n) is 3.61. The quantitative estimate of drug-likeness (QED) is 0.283. The summed E-state index contributed by atoms with van der Waals surface area (Å²) >= 11 is 1.31. The molecular weight excluding hydrogens is 376 g/mol. The molecular formula is C21H18N2O4S. The van der Waals surface area contributed by atoms with Crippen LogP contribution in [0, 0.1) is 0 Å². The molecule has 0 aliphatic heterocycles. The van der Waals surface area contributed by atoms with Crippen molar-refractivity contribution in [3.8, 4) is 11.5 Å². The van der Waals surface area contributed by atoms with Crippen LogP contribution in [0.5, 0.6) is 11.5 Å². The minimum Gasteiger partial charge on any atom is -0.490 e. The number of hydrazone groups is 1. The van der Waals surface area contributed by atoms with Crippen LogP contribution in [0.25, 0.3) is 0 Å². The Hall–Kier alpha value is -3.45. The summed E-state index contributed by atoms with van der Waals surface area (Å²) in [4.78, 5) is 24.7. The Kier molecular flexibility index (Phi) is 6.54. The molecule has 6 nitrogen and oxygen atoms in total. The van der Waals surface area contributed by atoms with Gasteiger partial charge in [-0.2, -0.15) is 5.10 Å². The predicted octanol–water partition coefficient (Wildman–Crippen LogP) is 4.13. The molecule has 3 rings (SSSR count). The Bertz CT molecular complexity index is 969. The van der Waals surface area contributed by atoms with Crippen molar-refractivity contribution in [3.05, 3.63) is 82.0 Å². The van der Waals surface area contributed by atoms with Crippen LogP contribution in [0.3, 0.4) is 0 Å². The molecule has 0 fully saturated rings. The molecule has 0 unspecified atom stereocenters. The molecule has 0 aliphatic carbocycles. The van der Waals surface area contributed by atoms with Gasteiger partial charge in [0.1, 0.15) is 4.88 Å². The van der Waals surface area contributed by atoms with Gasteiger partial charge < -0.3 is 9.47 Å². The topological polar surface area (TPSA) is 77.0 Å². The number of thiophene rings is 1. The Labute approximate surface area is 166 Å². The molecule has 0 radical (unpaired) electrons. The molecule has 3 aromatic rings. The van der Waals surface area contributed by atoms with Gasteiger partial charge >= 0.3 is 5.97 Å². The molecule has 0 bridgehead atoms. The standard InChI is InChI=1S/C21H18N2O4S/c1-2-26-18-13-15(14-22-23-20(24)16-7-4-3-5-8-16)10-11-17(18)27-21(25)19-9-6-12-28-19/h3-14H,2H2,1H3,(H,23,24). The number of carbonyl (C=O) groups is 2. The highest BCUT2D eigenvalue weighted by Crippen LogP contribution is 2.29. The number of hydrogen-bond acceptors (Lipinski definition) is 6. The molecule has 1 aromatic heterocycles. The van der Waals surface area contributed by atoms with E-state index >= 15 is 0 Å². The number of ether oxygens (including phenoxy) is 2. The first-order valence-electron chi connectivity index (χ1n) is 8.58. The van der Waals surface area contributed by atoms with Crippen LogP contribution in [0.1, 0.15) is 32.5 Å². The molecule has 1 amide bonds. The fourth-order valence-corrected chi connectivity index (χ4v) is 2.92. The number of nitrogens with one attached hydrogen (secondary N) is 1. The smallest absolute Gasteiger partial charge is 0.353 e. The summed E-state index contributed by atoms with van der Waals surface area (Å²) in [6.07, 6.45) is 1.49. The first kappa shape index (κ1) is 19.3. The molecule has 1 N–H and O–H groups in total. The van der Waals surface area contributed by atoms with Gasteiger partial charge in [0, 0.05) is 5.56 Å². The van der Waals surface area contributed by atoms with Gasteiger partial charge in [-0.05, 0) is 54.3 Å². The van der Waals surface area contributed by atoms with Crippen LogP contribution in [-0.2, 0) is 0 Å². The highest BCUT2D eigenvalue weighted by Gasteiger charge is 2.14. The summed E-state index contributed by atoms with van der Waals surface area (Å²) < 4.78 is 11.0. The zero-order valence-corrected chi connectivity index (χ0v) is 15.9. The highest BCUT2D eigenvalue weighted by molar-refractivity contribution is 7.12. The van der Waals surface area contributed by atoms with E-state index in [1.165, 1.54) is 17.6 Å². The van der Waals surface area contributed by atoms with Crippen molar-refractivity contribution in [2.24, 2.45) is 5.10 Å². The van der Waals surface area contributed by atoms with Crippen molar-refractivity contribution < 1.29 is 19.1 Å².